The molecule has 7 heteroatoms. The summed E-state index contributed by atoms with van der Waals surface area (Å²) in [6.45, 7) is -0.438. The van der Waals surface area contributed by atoms with Gasteiger partial charge in [-0.1, -0.05) is 25.0 Å². The molecule has 154 valence electrons. The van der Waals surface area contributed by atoms with Crippen molar-refractivity contribution >= 4 is 17.6 Å². The second-order valence-corrected chi connectivity index (χ2v) is 7.02. The van der Waals surface area contributed by atoms with E-state index in [0.717, 1.165) is 31.2 Å². The van der Waals surface area contributed by atoms with Crippen molar-refractivity contribution in [3.8, 4) is 17.2 Å². The SMILES string of the molecule is COc1ccc(C2(C(=O)Nc3cccc(OCC(=O)O)c3)CCCC2)cc1OC. The van der Waals surface area contributed by atoms with Crippen molar-refractivity contribution in [2.75, 3.05) is 26.1 Å². The fraction of sp³-hybridized carbons (Fsp3) is 0.364. The van der Waals surface area contributed by atoms with Crippen LogP contribution in [0.3, 0.4) is 0 Å². The molecular formula is C22H25NO6. The molecule has 2 N–H and O–H groups in total. The number of methoxy groups -OCH3 is 2. The number of hydrogen-bond acceptors (Lipinski definition) is 5. The summed E-state index contributed by atoms with van der Waals surface area (Å²) in [5.41, 5.74) is 0.797. The number of ether oxygens (including phenoxy) is 3. The number of carboxylic acid groups (broad SMARTS) is 1. The molecule has 0 radical (unpaired) electrons. The number of benzene rings is 2. The van der Waals surface area contributed by atoms with E-state index in [1.807, 2.05) is 18.2 Å². The van der Waals surface area contributed by atoms with Gasteiger partial charge in [0.2, 0.25) is 5.91 Å². The van der Waals surface area contributed by atoms with Crippen molar-refractivity contribution in [1.82, 2.24) is 0 Å². The third-order valence-electron chi connectivity index (χ3n) is 5.28. The Morgan fingerprint density at radius 1 is 1.03 bits per heavy atom. The van der Waals surface area contributed by atoms with Crippen LogP contribution in [0.4, 0.5) is 5.69 Å². The molecule has 0 atom stereocenters. The van der Waals surface area contributed by atoms with Crippen molar-refractivity contribution in [2.24, 2.45) is 0 Å². The van der Waals surface area contributed by atoms with Gasteiger partial charge in [0, 0.05) is 11.8 Å². The molecule has 1 amide bonds. The van der Waals surface area contributed by atoms with Crippen LogP contribution in [0.2, 0.25) is 0 Å². The summed E-state index contributed by atoms with van der Waals surface area (Å²) in [6, 6.07) is 12.3. The van der Waals surface area contributed by atoms with E-state index in [1.54, 1.807) is 38.5 Å². The average molecular weight is 399 g/mol. The minimum Gasteiger partial charge on any atom is -0.493 e. The number of carboxylic acids is 1. The number of nitrogens with one attached hydrogen (secondary N) is 1. The molecule has 7 nitrogen and oxygen atoms in total. The number of anilines is 1. The highest BCUT2D eigenvalue weighted by Crippen LogP contribution is 2.44. The van der Waals surface area contributed by atoms with Gasteiger partial charge < -0.3 is 24.6 Å². The van der Waals surface area contributed by atoms with Crippen molar-refractivity contribution in [3.05, 3.63) is 48.0 Å². The van der Waals surface area contributed by atoms with Crippen LogP contribution in [0.1, 0.15) is 31.2 Å². The van der Waals surface area contributed by atoms with E-state index in [9.17, 15) is 9.59 Å². The van der Waals surface area contributed by atoms with Gasteiger partial charge in [-0.05, 0) is 42.7 Å². The minimum atomic E-state index is -1.06. The third-order valence-corrected chi connectivity index (χ3v) is 5.28. The first-order valence-electron chi connectivity index (χ1n) is 9.47. The van der Waals surface area contributed by atoms with Crippen molar-refractivity contribution in [3.63, 3.8) is 0 Å². The highest BCUT2D eigenvalue weighted by atomic mass is 16.5. The van der Waals surface area contributed by atoms with Crippen molar-refractivity contribution in [1.29, 1.82) is 0 Å². The van der Waals surface area contributed by atoms with E-state index in [1.165, 1.54) is 0 Å². The Bertz CT molecular complexity index is 889. The van der Waals surface area contributed by atoms with Crippen LogP contribution in [0.15, 0.2) is 42.5 Å². The van der Waals surface area contributed by atoms with Crippen LogP contribution in [0.5, 0.6) is 17.2 Å². The smallest absolute Gasteiger partial charge is 0.341 e. The summed E-state index contributed by atoms with van der Waals surface area (Å²) in [5.74, 6) is 0.438. The van der Waals surface area contributed by atoms with Gasteiger partial charge in [-0.25, -0.2) is 4.79 Å². The maximum atomic E-state index is 13.4. The molecule has 1 aliphatic carbocycles. The predicted octanol–water partition coefficient (Wildman–Crippen LogP) is 3.62. The zero-order chi connectivity index (χ0) is 20.9. The molecule has 2 aromatic rings. The largest absolute Gasteiger partial charge is 0.493 e. The molecule has 2 aromatic carbocycles. The standard InChI is InChI=1S/C22H25NO6/c1-27-18-9-8-15(12-19(18)28-2)22(10-3-4-11-22)21(26)23-16-6-5-7-17(13-16)29-14-20(24)25/h5-9,12-13H,3-4,10-11,14H2,1-2H3,(H,23,26)(H,24,25). The van der Waals surface area contributed by atoms with Gasteiger partial charge in [-0.15, -0.1) is 0 Å². The maximum Gasteiger partial charge on any atom is 0.341 e. The van der Waals surface area contributed by atoms with Crippen molar-refractivity contribution in [2.45, 2.75) is 31.1 Å². The average Bonchev–Trinajstić information content (AvgIpc) is 3.23. The van der Waals surface area contributed by atoms with Gasteiger partial charge in [-0.3, -0.25) is 4.79 Å². The molecule has 29 heavy (non-hydrogen) atoms. The Morgan fingerprint density at radius 2 is 1.76 bits per heavy atom. The molecule has 1 fully saturated rings. The fourth-order valence-electron chi connectivity index (χ4n) is 3.82. The van der Waals surface area contributed by atoms with E-state index in [-0.39, 0.29) is 5.91 Å². The Balaban J connectivity index is 1.85. The maximum absolute atomic E-state index is 13.4. The Morgan fingerprint density at radius 3 is 2.41 bits per heavy atom. The Labute approximate surface area is 169 Å². The van der Waals surface area contributed by atoms with Crippen LogP contribution >= 0.6 is 0 Å². The first kappa shape index (κ1) is 20.5. The number of amides is 1. The number of carbonyl (C=O) groups excluding carboxylic acids is 1. The van der Waals surface area contributed by atoms with E-state index in [4.69, 9.17) is 19.3 Å². The Kier molecular flexibility index (Phi) is 6.26. The highest BCUT2D eigenvalue weighted by molar-refractivity contribution is 5.99. The molecule has 1 saturated carbocycles. The van der Waals surface area contributed by atoms with Crippen LogP contribution < -0.4 is 19.5 Å². The second kappa shape index (κ2) is 8.86. The quantitative estimate of drug-likeness (QED) is 0.704. The van der Waals surface area contributed by atoms with Crippen LogP contribution in [0, 0.1) is 0 Å². The normalized spacial score (nSPS) is 14.8. The zero-order valence-corrected chi connectivity index (χ0v) is 16.6. The number of aliphatic carboxylic acids is 1. The predicted molar refractivity (Wildman–Crippen MR) is 108 cm³/mol. The number of carbonyl (C=O) groups is 2. The fourth-order valence-corrected chi connectivity index (χ4v) is 3.82. The molecule has 1 aliphatic rings. The first-order valence-corrected chi connectivity index (χ1v) is 9.47. The highest BCUT2D eigenvalue weighted by Gasteiger charge is 2.43. The van der Waals surface area contributed by atoms with Crippen LogP contribution in [-0.2, 0) is 15.0 Å². The van der Waals surface area contributed by atoms with E-state index in [0.29, 0.717) is 22.9 Å². The molecular weight excluding hydrogens is 374 g/mol. The number of hydrogen-bond donors (Lipinski definition) is 2. The van der Waals surface area contributed by atoms with E-state index >= 15 is 0 Å². The molecule has 0 unspecified atom stereocenters. The summed E-state index contributed by atoms with van der Waals surface area (Å²) >= 11 is 0. The van der Waals surface area contributed by atoms with Gasteiger partial charge >= 0.3 is 5.97 Å². The second-order valence-electron chi connectivity index (χ2n) is 7.02. The first-order chi connectivity index (χ1) is 14.0. The van der Waals surface area contributed by atoms with E-state index in [2.05, 4.69) is 5.32 Å². The van der Waals surface area contributed by atoms with Gasteiger partial charge in [0.1, 0.15) is 5.75 Å². The van der Waals surface area contributed by atoms with Gasteiger partial charge in [0.05, 0.1) is 19.6 Å². The summed E-state index contributed by atoms with van der Waals surface area (Å²) < 4.78 is 15.9. The van der Waals surface area contributed by atoms with Gasteiger partial charge in [0.25, 0.3) is 0 Å². The van der Waals surface area contributed by atoms with Crippen LogP contribution in [0.25, 0.3) is 0 Å². The summed E-state index contributed by atoms with van der Waals surface area (Å²) in [4.78, 5) is 24.0. The summed E-state index contributed by atoms with van der Waals surface area (Å²) in [7, 11) is 3.15. The molecule has 0 saturated heterocycles. The molecule has 0 aliphatic heterocycles. The van der Waals surface area contributed by atoms with Crippen molar-refractivity contribution < 1.29 is 28.9 Å². The molecule has 3 rings (SSSR count). The zero-order valence-electron chi connectivity index (χ0n) is 16.6. The Hall–Kier alpha value is -3.22. The molecule has 0 spiro atoms. The molecule has 0 aromatic heterocycles. The lowest BCUT2D eigenvalue weighted by atomic mass is 9.77. The lowest BCUT2D eigenvalue weighted by Gasteiger charge is -2.29. The number of rotatable bonds is 8. The van der Waals surface area contributed by atoms with Gasteiger partial charge in [-0.2, -0.15) is 0 Å². The summed E-state index contributed by atoms with van der Waals surface area (Å²) in [6.07, 6.45) is 3.40. The lowest BCUT2D eigenvalue weighted by Crippen LogP contribution is -2.38. The summed E-state index contributed by atoms with van der Waals surface area (Å²) in [5, 5.41) is 11.7. The van der Waals surface area contributed by atoms with Crippen LogP contribution in [-0.4, -0.2) is 37.8 Å². The van der Waals surface area contributed by atoms with E-state index < -0.39 is 18.0 Å². The topological polar surface area (TPSA) is 94.1 Å². The molecule has 0 heterocycles. The third kappa shape index (κ3) is 4.45. The molecule has 0 bridgehead atoms. The lowest BCUT2D eigenvalue weighted by molar-refractivity contribution is -0.139. The van der Waals surface area contributed by atoms with Gasteiger partial charge in [0.15, 0.2) is 18.1 Å². The monoisotopic (exact) mass is 399 g/mol. The minimum absolute atomic E-state index is 0.0994.